The largest absolute Gasteiger partial charge is 0.449 e. The fraction of sp³-hybridized carbons (Fsp3) is 0.0455. The summed E-state index contributed by atoms with van der Waals surface area (Å²) >= 11 is 10.7. The molecule has 3 aromatic rings. The number of imide groups is 2. The summed E-state index contributed by atoms with van der Waals surface area (Å²) < 4.78 is 6.46. The Morgan fingerprint density at radius 2 is 1.74 bits per heavy atom. The van der Waals surface area contributed by atoms with Crippen LogP contribution < -0.4 is 10.2 Å². The van der Waals surface area contributed by atoms with Crippen LogP contribution in [0.1, 0.15) is 11.3 Å². The maximum Gasteiger partial charge on any atom is 0.335 e. The molecule has 1 N–H and O–H groups in total. The number of urea groups is 1. The number of nitrogens with zero attached hydrogens (tertiary/aromatic N) is 1. The summed E-state index contributed by atoms with van der Waals surface area (Å²) in [6.07, 6.45) is 1.32. The third-order valence-electron chi connectivity index (χ3n) is 4.38. The van der Waals surface area contributed by atoms with E-state index < -0.39 is 17.8 Å². The Labute approximate surface area is 195 Å². The molecular formula is C22H14BrClN2O4S. The summed E-state index contributed by atoms with van der Waals surface area (Å²) in [6, 6.07) is 14.9. The van der Waals surface area contributed by atoms with E-state index in [1.165, 1.54) is 17.8 Å². The van der Waals surface area contributed by atoms with Crippen molar-refractivity contribution in [2.45, 2.75) is 16.9 Å². The van der Waals surface area contributed by atoms with Gasteiger partial charge >= 0.3 is 6.03 Å². The first-order chi connectivity index (χ1) is 14.8. The fourth-order valence-corrected chi connectivity index (χ4v) is 4.30. The normalized spacial score (nSPS) is 15.5. The molecule has 9 heteroatoms. The van der Waals surface area contributed by atoms with Gasteiger partial charge in [-0.15, -0.1) is 0 Å². The number of hydrogen-bond acceptors (Lipinski definition) is 5. The van der Waals surface area contributed by atoms with E-state index in [0.717, 1.165) is 15.4 Å². The molecule has 0 spiro atoms. The van der Waals surface area contributed by atoms with E-state index in [1.54, 1.807) is 42.5 Å². The average Bonchev–Trinajstić information content (AvgIpc) is 3.07. The summed E-state index contributed by atoms with van der Waals surface area (Å²) in [7, 11) is 0. The minimum atomic E-state index is -0.796. The van der Waals surface area contributed by atoms with Gasteiger partial charge < -0.3 is 4.42 Å². The first-order valence-corrected chi connectivity index (χ1v) is 11.0. The second-order valence-corrected chi connectivity index (χ2v) is 8.97. The van der Waals surface area contributed by atoms with Crippen molar-refractivity contribution in [2.75, 3.05) is 4.90 Å². The Kier molecular flexibility index (Phi) is 6.04. The second-order valence-electron chi connectivity index (χ2n) is 6.63. The van der Waals surface area contributed by atoms with Crippen LogP contribution in [0.4, 0.5) is 10.5 Å². The van der Waals surface area contributed by atoms with Gasteiger partial charge in [-0.3, -0.25) is 14.9 Å². The van der Waals surface area contributed by atoms with Gasteiger partial charge in [0.2, 0.25) is 0 Å². The lowest BCUT2D eigenvalue weighted by Gasteiger charge is -2.26. The Morgan fingerprint density at radius 1 is 1.06 bits per heavy atom. The lowest BCUT2D eigenvalue weighted by molar-refractivity contribution is -0.122. The highest BCUT2D eigenvalue weighted by Gasteiger charge is 2.37. The number of furan rings is 1. The van der Waals surface area contributed by atoms with Gasteiger partial charge in [0.05, 0.1) is 10.2 Å². The van der Waals surface area contributed by atoms with Crippen molar-refractivity contribution in [1.29, 1.82) is 0 Å². The summed E-state index contributed by atoms with van der Waals surface area (Å²) in [6.45, 7) is 1.89. The average molecular weight is 518 g/mol. The van der Waals surface area contributed by atoms with Crippen molar-refractivity contribution < 1.29 is 18.8 Å². The Hall–Kier alpha value is -2.81. The number of halogens is 2. The van der Waals surface area contributed by atoms with Gasteiger partial charge in [-0.05, 0) is 71.4 Å². The van der Waals surface area contributed by atoms with Crippen LogP contribution in [0.25, 0.3) is 6.08 Å². The number of amides is 4. The van der Waals surface area contributed by atoms with Crippen LogP contribution in [-0.2, 0) is 9.59 Å². The van der Waals surface area contributed by atoms with Crippen LogP contribution in [0.2, 0.25) is 5.02 Å². The molecule has 4 amide bonds. The molecule has 1 fully saturated rings. The predicted molar refractivity (Wildman–Crippen MR) is 122 cm³/mol. The summed E-state index contributed by atoms with van der Waals surface area (Å²) in [5.41, 5.74) is 1.14. The summed E-state index contributed by atoms with van der Waals surface area (Å²) in [5, 5.41) is 3.37. The molecule has 1 aliphatic heterocycles. The van der Waals surface area contributed by atoms with E-state index in [9.17, 15) is 14.4 Å². The zero-order chi connectivity index (χ0) is 22.1. The maximum absolute atomic E-state index is 13.0. The Bertz CT molecular complexity index is 1220. The first-order valence-electron chi connectivity index (χ1n) is 9.03. The molecule has 4 rings (SSSR count). The van der Waals surface area contributed by atoms with Gasteiger partial charge in [0, 0.05) is 9.92 Å². The van der Waals surface area contributed by atoms with E-state index in [4.69, 9.17) is 16.0 Å². The number of rotatable bonds is 4. The van der Waals surface area contributed by atoms with Gasteiger partial charge in [0.15, 0.2) is 5.09 Å². The summed E-state index contributed by atoms with van der Waals surface area (Å²) in [5.74, 6) is -1.21. The van der Waals surface area contributed by atoms with E-state index in [-0.39, 0.29) is 5.57 Å². The van der Waals surface area contributed by atoms with Crippen LogP contribution in [0.5, 0.6) is 0 Å². The second kappa shape index (κ2) is 8.74. The quantitative estimate of drug-likeness (QED) is 0.348. The van der Waals surface area contributed by atoms with Crippen molar-refractivity contribution >= 4 is 68.9 Å². The molecule has 2 heterocycles. The molecule has 0 bridgehead atoms. The topological polar surface area (TPSA) is 79.6 Å². The predicted octanol–water partition coefficient (Wildman–Crippen LogP) is 5.82. The minimum Gasteiger partial charge on any atom is -0.449 e. The molecule has 31 heavy (non-hydrogen) atoms. The number of hydrogen-bond donors (Lipinski definition) is 1. The molecule has 1 aliphatic rings. The third kappa shape index (κ3) is 4.61. The molecule has 0 saturated carbocycles. The molecule has 2 aromatic carbocycles. The molecule has 1 saturated heterocycles. The lowest BCUT2D eigenvalue weighted by Crippen LogP contribution is -2.54. The lowest BCUT2D eigenvalue weighted by atomic mass is 10.1. The van der Waals surface area contributed by atoms with Gasteiger partial charge in [-0.1, -0.05) is 41.1 Å². The van der Waals surface area contributed by atoms with Crippen LogP contribution in [-0.4, -0.2) is 17.8 Å². The van der Waals surface area contributed by atoms with Gasteiger partial charge in [0.1, 0.15) is 11.3 Å². The highest BCUT2D eigenvalue weighted by atomic mass is 79.9. The van der Waals surface area contributed by atoms with E-state index >= 15 is 0 Å². The molecule has 0 aliphatic carbocycles. The fourth-order valence-electron chi connectivity index (χ4n) is 2.85. The molecule has 0 radical (unpaired) electrons. The summed E-state index contributed by atoms with van der Waals surface area (Å²) in [4.78, 5) is 39.4. The van der Waals surface area contributed by atoms with Crippen LogP contribution >= 0.6 is 39.3 Å². The van der Waals surface area contributed by atoms with Crippen LogP contribution in [0.15, 0.2) is 79.0 Å². The zero-order valence-corrected chi connectivity index (χ0v) is 19.2. The molecule has 0 atom stereocenters. The number of nitrogens with one attached hydrogen (secondary N) is 1. The van der Waals surface area contributed by atoms with Crippen LogP contribution in [0, 0.1) is 6.92 Å². The number of aryl methyl sites for hydroxylation is 1. The van der Waals surface area contributed by atoms with E-state index in [2.05, 4.69) is 21.2 Å². The molecule has 156 valence electrons. The number of anilines is 1. The monoisotopic (exact) mass is 516 g/mol. The molecular weight excluding hydrogens is 504 g/mol. The van der Waals surface area contributed by atoms with Crippen molar-refractivity contribution in [1.82, 2.24) is 5.32 Å². The Morgan fingerprint density at radius 3 is 2.42 bits per heavy atom. The molecule has 1 aromatic heterocycles. The molecule has 0 unspecified atom stereocenters. The zero-order valence-electron chi connectivity index (χ0n) is 16.0. The van der Waals surface area contributed by atoms with Crippen molar-refractivity contribution in [3.63, 3.8) is 0 Å². The van der Waals surface area contributed by atoms with Crippen molar-refractivity contribution in [2.24, 2.45) is 0 Å². The maximum atomic E-state index is 13.0. The van der Waals surface area contributed by atoms with Crippen LogP contribution in [0.3, 0.4) is 0 Å². The van der Waals surface area contributed by atoms with Gasteiger partial charge in [-0.25, -0.2) is 9.69 Å². The SMILES string of the molecule is Cc1ccc(N2C(=O)NC(=O)/C(=C\c3cc(Br)c(Sc4ccc(Cl)cc4)o3)C2=O)cc1. The van der Waals surface area contributed by atoms with Crippen molar-refractivity contribution in [3.05, 3.63) is 81.0 Å². The highest BCUT2D eigenvalue weighted by Crippen LogP contribution is 2.37. The number of benzene rings is 2. The smallest absolute Gasteiger partial charge is 0.335 e. The van der Waals surface area contributed by atoms with E-state index in [1.807, 2.05) is 19.1 Å². The Balaban J connectivity index is 1.63. The standard InChI is InChI=1S/C22H14BrClN2O4S/c1-12-2-6-14(7-3-12)26-20(28)17(19(27)25-22(26)29)10-15-11-18(23)21(30-15)31-16-8-4-13(24)5-9-16/h2-11H,1H3,(H,25,27,29)/b17-10+. The number of carbonyl (C=O) groups is 3. The number of carbonyl (C=O) groups excluding carboxylic acids is 3. The van der Waals surface area contributed by atoms with Gasteiger partial charge in [0.25, 0.3) is 11.8 Å². The number of barbiturate groups is 1. The third-order valence-corrected chi connectivity index (χ3v) is 6.48. The highest BCUT2D eigenvalue weighted by molar-refractivity contribution is 9.10. The van der Waals surface area contributed by atoms with E-state index in [0.29, 0.717) is 26.0 Å². The van der Waals surface area contributed by atoms with Gasteiger partial charge in [-0.2, -0.15) is 0 Å². The molecule has 6 nitrogen and oxygen atoms in total. The first kappa shape index (κ1) is 21.4. The van der Waals surface area contributed by atoms with Crippen molar-refractivity contribution in [3.8, 4) is 0 Å². The minimum absolute atomic E-state index is 0.204.